The summed E-state index contributed by atoms with van der Waals surface area (Å²) in [5.41, 5.74) is 6.99. The summed E-state index contributed by atoms with van der Waals surface area (Å²) in [5, 5.41) is 0.978. The van der Waals surface area contributed by atoms with E-state index in [2.05, 4.69) is 12.6 Å². The van der Waals surface area contributed by atoms with Crippen LogP contribution in [0.1, 0.15) is 12.0 Å². The van der Waals surface area contributed by atoms with Crippen molar-refractivity contribution in [2.75, 3.05) is 11.5 Å². The van der Waals surface area contributed by atoms with Gasteiger partial charge in [-0.2, -0.15) is 12.6 Å². The van der Waals surface area contributed by atoms with Gasteiger partial charge in [-0.3, -0.25) is 0 Å². The third-order valence-corrected chi connectivity index (χ3v) is 2.59. The van der Waals surface area contributed by atoms with E-state index in [0.29, 0.717) is 15.7 Å². The van der Waals surface area contributed by atoms with Crippen LogP contribution in [-0.2, 0) is 0 Å². The van der Waals surface area contributed by atoms with Gasteiger partial charge >= 0.3 is 0 Å². The summed E-state index contributed by atoms with van der Waals surface area (Å²) < 4.78 is 0. The number of thiol groups is 1. The van der Waals surface area contributed by atoms with Crippen LogP contribution in [0.5, 0.6) is 0 Å². The van der Waals surface area contributed by atoms with E-state index in [1.54, 1.807) is 12.1 Å². The third-order valence-electron chi connectivity index (χ3n) is 1.71. The number of anilines is 1. The molecule has 0 aliphatic heterocycles. The molecule has 0 spiro atoms. The molecule has 0 atom stereocenters. The SMILES string of the molecule is Nc1c(Cl)cc(C=CCCS)cc1Cl. The van der Waals surface area contributed by atoms with Crippen molar-refractivity contribution in [3.8, 4) is 0 Å². The number of nitrogen functional groups attached to an aromatic ring is 1. The Balaban J connectivity index is 2.89. The Morgan fingerprint density at radius 3 is 2.36 bits per heavy atom. The van der Waals surface area contributed by atoms with Gasteiger partial charge in [0.25, 0.3) is 0 Å². The van der Waals surface area contributed by atoms with Gasteiger partial charge in [-0.15, -0.1) is 0 Å². The standard InChI is InChI=1S/C10H11Cl2NS/c11-8-5-7(3-1-2-4-14)6-9(12)10(8)13/h1,3,5-6,14H,2,4,13H2. The van der Waals surface area contributed by atoms with E-state index in [1.807, 2.05) is 12.2 Å². The monoisotopic (exact) mass is 247 g/mol. The van der Waals surface area contributed by atoms with Crippen molar-refractivity contribution in [1.82, 2.24) is 0 Å². The lowest BCUT2D eigenvalue weighted by Crippen LogP contribution is -1.88. The largest absolute Gasteiger partial charge is 0.396 e. The maximum Gasteiger partial charge on any atom is 0.0693 e. The summed E-state index contributed by atoms with van der Waals surface area (Å²) >= 11 is 15.8. The van der Waals surface area contributed by atoms with Crippen molar-refractivity contribution < 1.29 is 0 Å². The van der Waals surface area contributed by atoms with Gasteiger partial charge in [0.1, 0.15) is 0 Å². The summed E-state index contributed by atoms with van der Waals surface area (Å²) in [5.74, 6) is 0.826. The van der Waals surface area contributed by atoms with E-state index >= 15 is 0 Å². The van der Waals surface area contributed by atoms with Crippen molar-refractivity contribution in [3.63, 3.8) is 0 Å². The van der Waals surface area contributed by atoms with Crippen LogP contribution in [0, 0.1) is 0 Å². The minimum Gasteiger partial charge on any atom is -0.396 e. The van der Waals surface area contributed by atoms with E-state index in [0.717, 1.165) is 17.7 Å². The zero-order valence-corrected chi connectivity index (χ0v) is 9.91. The lowest BCUT2D eigenvalue weighted by molar-refractivity contribution is 1.26. The zero-order valence-electron chi connectivity index (χ0n) is 7.50. The molecule has 14 heavy (non-hydrogen) atoms. The van der Waals surface area contributed by atoms with Crippen LogP contribution in [-0.4, -0.2) is 5.75 Å². The van der Waals surface area contributed by atoms with Gasteiger partial charge in [0.05, 0.1) is 15.7 Å². The Kier molecular flexibility index (Phi) is 4.66. The summed E-state index contributed by atoms with van der Waals surface area (Å²) in [4.78, 5) is 0. The highest BCUT2D eigenvalue weighted by Crippen LogP contribution is 2.29. The molecule has 0 saturated carbocycles. The molecule has 1 aromatic rings. The molecule has 0 aromatic heterocycles. The molecule has 4 heteroatoms. The Hall–Kier alpha value is -0.310. The number of hydrogen-bond donors (Lipinski definition) is 2. The topological polar surface area (TPSA) is 26.0 Å². The summed E-state index contributed by atoms with van der Waals surface area (Å²) in [6.07, 6.45) is 4.89. The summed E-state index contributed by atoms with van der Waals surface area (Å²) in [6.45, 7) is 0. The van der Waals surface area contributed by atoms with Crippen molar-refractivity contribution in [1.29, 1.82) is 0 Å². The second-order valence-corrected chi connectivity index (χ2v) is 4.07. The molecule has 1 rings (SSSR count). The molecule has 0 saturated heterocycles. The molecular formula is C10H11Cl2NS. The molecule has 0 heterocycles. The van der Waals surface area contributed by atoms with E-state index in [-0.39, 0.29) is 0 Å². The van der Waals surface area contributed by atoms with Crippen molar-refractivity contribution in [2.45, 2.75) is 6.42 Å². The van der Waals surface area contributed by atoms with Gasteiger partial charge in [-0.1, -0.05) is 35.4 Å². The maximum atomic E-state index is 5.87. The molecule has 76 valence electrons. The molecule has 0 aliphatic carbocycles. The van der Waals surface area contributed by atoms with Gasteiger partial charge in [-0.05, 0) is 29.9 Å². The summed E-state index contributed by atoms with van der Waals surface area (Å²) in [7, 11) is 0. The Labute approximate surface area is 99.3 Å². The Morgan fingerprint density at radius 2 is 1.86 bits per heavy atom. The second kappa shape index (κ2) is 5.54. The average Bonchev–Trinajstić information content (AvgIpc) is 2.14. The van der Waals surface area contributed by atoms with Crippen LogP contribution < -0.4 is 5.73 Å². The highest BCUT2D eigenvalue weighted by molar-refractivity contribution is 7.80. The smallest absolute Gasteiger partial charge is 0.0693 e. The fraction of sp³-hybridized carbons (Fsp3) is 0.200. The zero-order chi connectivity index (χ0) is 10.6. The number of nitrogens with two attached hydrogens (primary N) is 1. The molecular weight excluding hydrogens is 237 g/mol. The second-order valence-electron chi connectivity index (χ2n) is 2.81. The fourth-order valence-electron chi connectivity index (χ4n) is 0.994. The normalized spacial score (nSPS) is 11.1. The van der Waals surface area contributed by atoms with Gasteiger partial charge in [0.2, 0.25) is 0 Å². The quantitative estimate of drug-likeness (QED) is 0.615. The van der Waals surface area contributed by atoms with Crippen LogP contribution >= 0.6 is 35.8 Å². The number of benzene rings is 1. The first-order valence-electron chi connectivity index (χ1n) is 4.17. The van der Waals surface area contributed by atoms with Gasteiger partial charge in [0, 0.05) is 0 Å². The highest BCUT2D eigenvalue weighted by atomic mass is 35.5. The van der Waals surface area contributed by atoms with Crippen molar-refractivity contribution in [2.24, 2.45) is 0 Å². The van der Waals surface area contributed by atoms with E-state index in [4.69, 9.17) is 28.9 Å². The minimum atomic E-state index is 0.430. The minimum absolute atomic E-state index is 0.430. The average molecular weight is 248 g/mol. The third kappa shape index (κ3) is 3.12. The van der Waals surface area contributed by atoms with Crippen LogP contribution in [0.3, 0.4) is 0 Å². The Bertz CT molecular complexity index is 327. The summed E-state index contributed by atoms with van der Waals surface area (Å²) in [6, 6.07) is 3.58. The lowest BCUT2D eigenvalue weighted by atomic mass is 10.2. The van der Waals surface area contributed by atoms with E-state index in [9.17, 15) is 0 Å². The fourth-order valence-corrected chi connectivity index (χ4v) is 1.65. The molecule has 0 aliphatic rings. The molecule has 0 amide bonds. The number of rotatable bonds is 3. The van der Waals surface area contributed by atoms with Crippen molar-refractivity contribution >= 4 is 47.6 Å². The molecule has 2 N–H and O–H groups in total. The Morgan fingerprint density at radius 1 is 1.29 bits per heavy atom. The molecule has 1 nitrogen and oxygen atoms in total. The van der Waals surface area contributed by atoms with E-state index < -0.39 is 0 Å². The van der Waals surface area contributed by atoms with Crippen LogP contribution in [0.25, 0.3) is 6.08 Å². The molecule has 0 unspecified atom stereocenters. The lowest BCUT2D eigenvalue weighted by Gasteiger charge is -2.02. The number of halogens is 2. The van der Waals surface area contributed by atoms with E-state index in [1.165, 1.54) is 0 Å². The first-order valence-corrected chi connectivity index (χ1v) is 5.56. The van der Waals surface area contributed by atoms with Crippen molar-refractivity contribution in [3.05, 3.63) is 33.8 Å². The first kappa shape index (κ1) is 11.8. The highest BCUT2D eigenvalue weighted by Gasteiger charge is 2.02. The first-order chi connectivity index (χ1) is 6.65. The number of allylic oxidation sites excluding steroid dienone is 1. The van der Waals surface area contributed by atoms with Gasteiger partial charge in [0.15, 0.2) is 0 Å². The van der Waals surface area contributed by atoms with Crippen LogP contribution in [0.15, 0.2) is 18.2 Å². The molecule has 1 aromatic carbocycles. The van der Waals surface area contributed by atoms with Crippen LogP contribution in [0.4, 0.5) is 5.69 Å². The predicted octanol–water partition coefficient (Wildman–Crippen LogP) is 3.91. The number of hydrogen-bond acceptors (Lipinski definition) is 2. The molecule has 0 radical (unpaired) electrons. The van der Waals surface area contributed by atoms with Gasteiger partial charge in [-0.25, -0.2) is 0 Å². The maximum absolute atomic E-state index is 5.87. The molecule has 0 bridgehead atoms. The molecule has 0 fully saturated rings. The van der Waals surface area contributed by atoms with Gasteiger partial charge < -0.3 is 5.73 Å². The predicted molar refractivity (Wildman–Crippen MR) is 68.4 cm³/mol. The van der Waals surface area contributed by atoms with Crippen LogP contribution in [0.2, 0.25) is 10.0 Å².